The van der Waals surface area contributed by atoms with Crippen LogP contribution in [0.2, 0.25) is 0 Å². The highest BCUT2D eigenvalue weighted by Crippen LogP contribution is 2.20. The van der Waals surface area contributed by atoms with Crippen LogP contribution in [0.4, 0.5) is 5.69 Å². The summed E-state index contributed by atoms with van der Waals surface area (Å²) in [5.41, 5.74) is 0.643. The molecule has 1 aliphatic rings. The Kier molecular flexibility index (Phi) is 2.98. The molecular formula is C13H15N5O. The molecule has 1 aliphatic heterocycles. The summed E-state index contributed by atoms with van der Waals surface area (Å²) < 4.78 is 2.10. The van der Waals surface area contributed by atoms with Gasteiger partial charge in [0, 0.05) is 31.3 Å². The SMILES string of the molecule is Cc1ncc(NC(=O)C2CCn3ccnc3C2)cn1. The van der Waals surface area contributed by atoms with E-state index in [1.165, 1.54) is 0 Å². The first-order valence-electron chi connectivity index (χ1n) is 6.32. The van der Waals surface area contributed by atoms with Crippen LogP contribution in [0.15, 0.2) is 24.8 Å². The molecule has 1 amide bonds. The molecule has 6 nitrogen and oxygen atoms in total. The summed E-state index contributed by atoms with van der Waals surface area (Å²) in [5.74, 6) is 1.65. The van der Waals surface area contributed by atoms with Crippen LogP contribution < -0.4 is 5.32 Å². The Balaban J connectivity index is 1.67. The van der Waals surface area contributed by atoms with Gasteiger partial charge in [-0.3, -0.25) is 4.79 Å². The van der Waals surface area contributed by atoms with Crippen LogP contribution in [0, 0.1) is 12.8 Å². The van der Waals surface area contributed by atoms with Crippen molar-refractivity contribution in [2.75, 3.05) is 5.32 Å². The van der Waals surface area contributed by atoms with Gasteiger partial charge in [0.05, 0.1) is 18.1 Å². The maximum atomic E-state index is 12.2. The Morgan fingerprint density at radius 1 is 1.37 bits per heavy atom. The van der Waals surface area contributed by atoms with Crippen molar-refractivity contribution in [2.45, 2.75) is 26.3 Å². The van der Waals surface area contributed by atoms with Gasteiger partial charge in [0.25, 0.3) is 0 Å². The minimum absolute atomic E-state index is 0.0155. The molecular weight excluding hydrogens is 242 g/mol. The molecule has 1 atom stereocenters. The monoisotopic (exact) mass is 257 g/mol. The number of hydrogen-bond acceptors (Lipinski definition) is 4. The van der Waals surface area contributed by atoms with Gasteiger partial charge in [-0.15, -0.1) is 0 Å². The van der Waals surface area contributed by atoms with Gasteiger partial charge >= 0.3 is 0 Å². The van der Waals surface area contributed by atoms with Gasteiger partial charge in [0.2, 0.25) is 5.91 Å². The van der Waals surface area contributed by atoms with Crippen molar-refractivity contribution >= 4 is 11.6 Å². The number of carbonyl (C=O) groups is 1. The third-order valence-electron chi connectivity index (χ3n) is 3.37. The number of aryl methyl sites for hydroxylation is 2. The quantitative estimate of drug-likeness (QED) is 0.877. The third-order valence-corrected chi connectivity index (χ3v) is 3.37. The Morgan fingerprint density at radius 3 is 2.95 bits per heavy atom. The fraction of sp³-hybridized carbons (Fsp3) is 0.385. The summed E-state index contributed by atoms with van der Waals surface area (Å²) >= 11 is 0. The van der Waals surface area contributed by atoms with Gasteiger partial charge in [0.1, 0.15) is 11.6 Å². The minimum Gasteiger partial charge on any atom is -0.335 e. The smallest absolute Gasteiger partial charge is 0.228 e. The largest absolute Gasteiger partial charge is 0.335 e. The van der Waals surface area contributed by atoms with E-state index in [4.69, 9.17) is 0 Å². The summed E-state index contributed by atoms with van der Waals surface area (Å²) in [6.07, 6.45) is 8.52. The number of hydrogen-bond donors (Lipinski definition) is 1. The number of amides is 1. The maximum Gasteiger partial charge on any atom is 0.228 e. The first kappa shape index (κ1) is 11.8. The molecule has 2 aromatic heterocycles. The molecule has 0 fully saturated rings. The van der Waals surface area contributed by atoms with E-state index in [0.29, 0.717) is 17.9 Å². The lowest BCUT2D eigenvalue weighted by Gasteiger charge is -2.22. The van der Waals surface area contributed by atoms with Crippen LogP contribution in [0.1, 0.15) is 18.1 Å². The molecule has 0 radical (unpaired) electrons. The van der Waals surface area contributed by atoms with Crippen LogP contribution >= 0.6 is 0 Å². The van der Waals surface area contributed by atoms with Gasteiger partial charge in [-0.25, -0.2) is 15.0 Å². The van der Waals surface area contributed by atoms with Gasteiger partial charge in [-0.2, -0.15) is 0 Å². The first-order chi connectivity index (χ1) is 9.22. The van der Waals surface area contributed by atoms with Crippen molar-refractivity contribution in [3.05, 3.63) is 36.4 Å². The number of rotatable bonds is 2. The molecule has 1 N–H and O–H groups in total. The molecule has 3 heterocycles. The Hall–Kier alpha value is -2.24. The molecule has 0 spiro atoms. The van der Waals surface area contributed by atoms with Crippen LogP contribution in [0.25, 0.3) is 0 Å². The number of imidazole rings is 1. The van der Waals surface area contributed by atoms with Gasteiger partial charge in [-0.05, 0) is 13.3 Å². The van der Waals surface area contributed by atoms with Gasteiger partial charge in [0.15, 0.2) is 0 Å². The van der Waals surface area contributed by atoms with Crippen LogP contribution in [0.5, 0.6) is 0 Å². The molecule has 6 heteroatoms. The lowest BCUT2D eigenvalue weighted by molar-refractivity contribution is -0.120. The number of aromatic nitrogens is 4. The van der Waals surface area contributed by atoms with Crippen LogP contribution in [-0.4, -0.2) is 25.4 Å². The lowest BCUT2D eigenvalue weighted by atomic mass is 9.97. The summed E-state index contributed by atoms with van der Waals surface area (Å²) in [7, 11) is 0. The van der Waals surface area contributed by atoms with Gasteiger partial charge < -0.3 is 9.88 Å². The fourth-order valence-corrected chi connectivity index (χ4v) is 2.28. The zero-order valence-electron chi connectivity index (χ0n) is 10.7. The van der Waals surface area contributed by atoms with Crippen molar-refractivity contribution in [1.82, 2.24) is 19.5 Å². The van der Waals surface area contributed by atoms with E-state index in [1.54, 1.807) is 18.6 Å². The molecule has 0 aromatic carbocycles. The summed E-state index contributed by atoms with van der Waals surface area (Å²) in [4.78, 5) is 24.6. The number of nitrogens with one attached hydrogen (secondary N) is 1. The zero-order valence-corrected chi connectivity index (χ0v) is 10.7. The standard InChI is InChI=1S/C13H15N5O/c1-9-15-7-11(8-16-9)17-13(19)10-2-4-18-5-3-14-12(18)6-10/h3,5,7-8,10H,2,4,6H2,1H3,(H,17,19). The van der Waals surface area contributed by atoms with E-state index < -0.39 is 0 Å². The molecule has 0 bridgehead atoms. The summed E-state index contributed by atoms with van der Waals surface area (Å²) in [5, 5.41) is 2.86. The third kappa shape index (κ3) is 2.47. The average Bonchev–Trinajstić information content (AvgIpc) is 2.88. The number of carbonyl (C=O) groups excluding carboxylic acids is 1. The molecule has 98 valence electrons. The molecule has 1 unspecified atom stereocenters. The molecule has 0 saturated heterocycles. The fourth-order valence-electron chi connectivity index (χ4n) is 2.28. The molecule has 19 heavy (non-hydrogen) atoms. The maximum absolute atomic E-state index is 12.2. The second-order valence-corrected chi connectivity index (χ2v) is 4.73. The van der Waals surface area contributed by atoms with E-state index in [9.17, 15) is 4.79 Å². The van der Waals surface area contributed by atoms with Crippen LogP contribution in [-0.2, 0) is 17.8 Å². The zero-order chi connectivity index (χ0) is 13.2. The Bertz CT molecular complexity index is 589. The van der Waals surface area contributed by atoms with E-state index in [0.717, 1.165) is 18.8 Å². The molecule has 3 rings (SSSR count). The molecule has 0 saturated carbocycles. The highest BCUT2D eigenvalue weighted by atomic mass is 16.1. The number of anilines is 1. The van der Waals surface area contributed by atoms with Gasteiger partial charge in [-0.1, -0.05) is 0 Å². The predicted octanol–water partition coefficient (Wildman–Crippen LogP) is 1.18. The second kappa shape index (κ2) is 4.79. The van der Waals surface area contributed by atoms with Crippen molar-refractivity contribution in [3.63, 3.8) is 0 Å². The van der Waals surface area contributed by atoms with E-state index in [1.807, 2.05) is 13.1 Å². The van der Waals surface area contributed by atoms with Crippen molar-refractivity contribution < 1.29 is 4.79 Å². The Labute approximate surface area is 110 Å². The number of nitrogens with zero attached hydrogens (tertiary/aromatic N) is 4. The summed E-state index contributed by atoms with van der Waals surface area (Å²) in [6, 6.07) is 0. The Morgan fingerprint density at radius 2 is 2.16 bits per heavy atom. The topological polar surface area (TPSA) is 72.7 Å². The number of fused-ring (bicyclic) bond motifs is 1. The second-order valence-electron chi connectivity index (χ2n) is 4.73. The van der Waals surface area contributed by atoms with Crippen molar-refractivity contribution in [1.29, 1.82) is 0 Å². The minimum atomic E-state index is -0.0313. The molecule has 2 aromatic rings. The van der Waals surface area contributed by atoms with Crippen molar-refractivity contribution in [3.8, 4) is 0 Å². The first-order valence-corrected chi connectivity index (χ1v) is 6.32. The normalized spacial score (nSPS) is 17.8. The molecule has 0 aliphatic carbocycles. The highest BCUT2D eigenvalue weighted by Gasteiger charge is 2.25. The van der Waals surface area contributed by atoms with Crippen molar-refractivity contribution in [2.24, 2.45) is 5.92 Å². The van der Waals surface area contributed by atoms with Crippen LogP contribution in [0.3, 0.4) is 0 Å². The van der Waals surface area contributed by atoms with E-state index in [2.05, 4.69) is 24.8 Å². The predicted molar refractivity (Wildman–Crippen MR) is 69.4 cm³/mol. The lowest BCUT2D eigenvalue weighted by Crippen LogP contribution is -2.30. The highest BCUT2D eigenvalue weighted by molar-refractivity contribution is 5.92. The average molecular weight is 257 g/mol. The van der Waals surface area contributed by atoms with E-state index in [-0.39, 0.29) is 11.8 Å². The summed E-state index contributed by atoms with van der Waals surface area (Å²) in [6.45, 7) is 2.66. The van der Waals surface area contributed by atoms with E-state index >= 15 is 0 Å².